The van der Waals surface area contributed by atoms with Gasteiger partial charge in [-0.2, -0.15) is 0 Å². The summed E-state index contributed by atoms with van der Waals surface area (Å²) in [6, 6.07) is 2.65. The molecule has 108 valence electrons. The van der Waals surface area contributed by atoms with Gasteiger partial charge in [-0.1, -0.05) is 0 Å². The molecule has 1 fully saturated rings. The summed E-state index contributed by atoms with van der Waals surface area (Å²) in [6.45, 7) is 4.39. The first kappa shape index (κ1) is 14.2. The Morgan fingerprint density at radius 3 is 3.05 bits per heavy atom. The van der Waals surface area contributed by atoms with Crippen molar-refractivity contribution in [1.82, 2.24) is 15.6 Å². The Hall–Kier alpha value is -2.22. The fourth-order valence-corrected chi connectivity index (χ4v) is 2.20. The Kier molecular flexibility index (Phi) is 4.46. The van der Waals surface area contributed by atoms with Crippen molar-refractivity contribution in [1.29, 1.82) is 0 Å². The van der Waals surface area contributed by atoms with Gasteiger partial charge in [-0.05, 0) is 22.9 Å². The zero-order valence-corrected chi connectivity index (χ0v) is 11.2. The van der Waals surface area contributed by atoms with Crippen molar-refractivity contribution in [2.75, 3.05) is 31.1 Å². The van der Waals surface area contributed by atoms with Crippen LogP contribution in [0, 0.1) is 10.1 Å². The van der Waals surface area contributed by atoms with Gasteiger partial charge < -0.3 is 25.6 Å². The van der Waals surface area contributed by atoms with E-state index in [-0.39, 0.29) is 17.8 Å². The van der Waals surface area contributed by atoms with Crippen LogP contribution in [0.2, 0.25) is 0 Å². The minimum Gasteiger partial charge on any atom is -0.358 e. The maximum absolute atomic E-state index is 12.0. The lowest BCUT2D eigenvalue weighted by Gasteiger charge is -2.36. The molecule has 0 radical (unpaired) electrons. The third kappa shape index (κ3) is 3.02. The fraction of sp³-hybridized carbons (Fsp3) is 0.500. The van der Waals surface area contributed by atoms with Crippen molar-refractivity contribution in [2.45, 2.75) is 13.0 Å². The minimum absolute atomic E-state index is 0.0574. The average molecular weight is 279 g/mol. The summed E-state index contributed by atoms with van der Waals surface area (Å²) in [5.74, 6) is -0.253. The molecule has 1 saturated heterocycles. The number of aromatic nitrogens is 1. The Morgan fingerprint density at radius 1 is 1.65 bits per heavy atom. The van der Waals surface area contributed by atoms with Gasteiger partial charge in [-0.3, -0.25) is 4.79 Å². The lowest BCUT2D eigenvalue weighted by molar-refractivity contribution is -0.389. The predicted molar refractivity (Wildman–Crippen MR) is 73.6 cm³/mol. The van der Waals surface area contributed by atoms with Gasteiger partial charge in [0.2, 0.25) is 5.91 Å². The number of nitro groups is 1. The van der Waals surface area contributed by atoms with E-state index in [0.29, 0.717) is 25.3 Å². The SMILES string of the molecule is CCNC(=O)C1CNCCN1c1ccc([N+](=O)[O-])nc1. The molecule has 1 unspecified atom stereocenters. The first-order valence-corrected chi connectivity index (χ1v) is 6.49. The topological polar surface area (TPSA) is 100 Å². The number of hydrogen-bond donors (Lipinski definition) is 2. The Balaban J connectivity index is 2.18. The van der Waals surface area contributed by atoms with Crippen LogP contribution in [-0.4, -0.2) is 48.0 Å². The molecule has 2 rings (SSSR count). The first-order valence-electron chi connectivity index (χ1n) is 6.49. The number of anilines is 1. The fourth-order valence-electron chi connectivity index (χ4n) is 2.20. The number of hydrogen-bond acceptors (Lipinski definition) is 6. The summed E-state index contributed by atoms with van der Waals surface area (Å²) in [7, 11) is 0. The molecule has 0 aromatic carbocycles. The molecular formula is C12H17N5O3. The van der Waals surface area contributed by atoms with Gasteiger partial charge >= 0.3 is 5.82 Å². The Bertz CT molecular complexity index is 490. The van der Waals surface area contributed by atoms with Crippen molar-refractivity contribution in [3.05, 3.63) is 28.4 Å². The molecule has 0 spiro atoms. The third-order valence-electron chi connectivity index (χ3n) is 3.15. The number of carbonyl (C=O) groups excluding carboxylic acids is 1. The summed E-state index contributed by atoms with van der Waals surface area (Å²) in [6.07, 6.45) is 1.44. The number of pyridine rings is 1. The van der Waals surface area contributed by atoms with Crippen LogP contribution in [0.5, 0.6) is 0 Å². The van der Waals surface area contributed by atoms with E-state index in [4.69, 9.17) is 0 Å². The largest absolute Gasteiger partial charge is 0.363 e. The molecule has 1 aliphatic rings. The molecule has 0 saturated carbocycles. The van der Waals surface area contributed by atoms with Gasteiger partial charge in [-0.25, -0.2) is 0 Å². The van der Waals surface area contributed by atoms with Crippen molar-refractivity contribution in [3.63, 3.8) is 0 Å². The van der Waals surface area contributed by atoms with E-state index in [9.17, 15) is 14.9 Å². The molecule has 1 aliphatic heterocycles. The van der Waals surface area contributed by atoms with Crippen LogP contribution < -0.4 is 15.5 Å². The van der Waals surface area contributed by atoms with Crippen molar-refractivity contribution in [3.8, 4) is 0 Å². The standard InChI is InChI=1S/C12H17N5O3/c1-2-14-12(18)10-8-13-5-6-16(10)9-3-4-11(15-7-9)17(19)20/h3-4,7,10,13H,2,5-6,8H2,1H3,(H,14,18). The molecule has 8 nitrogen and oxygen atoms in total. The van der Waals surface area contributed by atoms with Gasteiger partial charge in [0, 0.05) is 32.2 Å². The molecule has 0 bridgehead atoms. The Morgan fingerprint density at radius 2 is 2.45 bits per heavy atom. The number of nitrogens with one attached hydrogen (secondary N) is 2. The highest BCUT2D eigenvalue weighted by Crippen LogP contribution is 2.19. The van der Waals surface area contributed by atoms with E-state index in [1.54, 1.807) is 6.07 Å². The monoisotopic (exact) mass is 279 g/mol. The minimum atomic E-state index is -0.539. The second-order valence-corrected chi connectivity index (χ2v) is 4.44. The molecule has 20 heavy (non-hydrogen) atoms. The second-order valence-electron chi connectivity index (χ2n) is 4.44. The van der Waals surface area contributed by atoms with E-state index < -0.39 is 4.92 Å². The maximum atomic E-state index is 12.0. The lowest BCUT2D eigenvalue weighted by Crippen LogP contribution is -2.58. The summed E-state index contributed by atoms with van der Waals surface area (Å²) >= 11 is 0. The molecular weight excluding hydrogens is 262 g/mol. The smallest absolute Gasteiger partial charge is 0.358 e. The van der Waals surface area contributed by atoms with Crippen molar-refractivity contribution in [2.24, 2.45) is 0 Å². The van der Waals surface area contributed by atoms with E-state index in [2.05, 4.69) is 15.6 Å². The molecule has 1 aromatic rings. The van der Waals surface area contributed by atoms with Crippen LogP contribution in [0.25, 0.3) is 0 Å². The predicted octanol–water partition coefficient (Wildman–Crippen LogP) is -0.0959. The van der Waals surface area contributed by atoms with E-state index in [1.807, 2.05) is 11.8 Å². The van der Waals surface area contributed by atoms with Crippen LogP contribution in [-0.2, 0) is 4.79 Å². The van der Waals surface area contributed by atoms with Gasteiger partial charge in [0.25, 0.3) is 0 Å². The van der Waals surface area contributed by atoms with Gasteiger partial charge in [0.1, 0.15) is 6.04 Å². The number of rotatable bonds is 4. The van der Waals surface area contributed by atoms with Crippen molar-refractivity contribution < 1.29 is 9.72 Å². The summed E-state index contributed by atoms with van der Waals surface area (Å²) in [5.41, 5.74) is 0.716. The Labute approximate surface area is 116 Å². The summed E-state index contributed by atoms with van der Waals surface area (Å²) in [5, 5.41) is 16.6. The highest BCUT2D eigenvalue weighted by molar-refractivity contribution is 5.85. The molecule has 1 amide bonds. The van der Waals surface area contributed by atoms with Crippen LogP contribution in [0.1, 0.15) is 6.92 Å². The van der Waals surface area contributed by atoms with Gasteiger partial charge in [0.15, 0.2) is 6.20 Å². The highest BCUT2D eigenvalue weighted by atomic mass is 16.6. The van der Waals surface area contributed by atoms with Crippen LogP contribution in [0.15, 0.2) is 18.3 Å². The number of nitrogens with zero attached hydrogens (tertiary/aromatic N) is 3. The molecule has 1 aromatic heterocycles. The number of amides is 1. The normalized spacial score (nSPS) is 18.6. The summed E-state index contributed by atoms with van der Waals surface area (Å²) < 4.78 is 0. The zero-order valence-electron chi connectivity index (χ0n) is 11.2. The van der Waals surface area contributed by atoms with Crippen LogP contribution in [0.3, 0.4) is 0 Å². The first-order chi connectivity index (χ1) is 9.63. The lowest BCUT2D eigenvalue weighted by atomic mass is 10.1. The molecule has 1 atom stereocenters. The van der Waals surface area contributed by atoms with Crippen LogP contribution in [0.4, 0.5) is 11.5 Å². The quantitative estimate of drug-likeness (QED) is 0.590. The van der Waals surface area contributed by atoms with E-state index in [1.165, 1.54) is 12.3 Å². The van der Waals surface area contributed by atoms with Crippen molar-refractivity contribution >= 4 is 17.4 Å². The zero-order chi connectivity index (χ0) is 14.5. The maximum Gasteiger partial charge on any atom is 0.363 e. The van der Waals surface area contributed by atoms with E-state index >= 15 is 0 Å². The molecule has 2 heterocycles. The highest BCUT2D eigenvalue weighted by Gasteiger charge is 2.29. The summed E-state index contributed by atoms with van der Waals surface area (Å²) in [4.78, 5) is 27.8. The van der Waals surface area contributed by atoms with E-state index in [0.717, 1.165) is 6.54 Å². The molecule has 0 aliphatic carbocycles. The molecule has 2 N–H and O–H groups in total. The average Bonchev–Trinajstić information content (AvgIpc) is 2.47. The second kappa shape index (κ2) is 6.29. The van der Waals surface area contributed by atoms with Crippen LogP contribution >= 0.6 is 0 Å². The van der Waals surface area contributed by atoms with Gasteiger partial charge in [0.05, 0.1) is 5.69 Å². The number of carbonyl (C=O) groups is 1. The number of piperazine rings is 1. The third-order valence-corrected chi connectivity index (χ3v) is 3.15. The molecule has 8 heteroatoms. The number of likely N-dealkylation sites (N-methyl/N-ethyl adjacent to an activating group) is 1. The van der Waals surface area contributed by atoms with Gasteiger partial charge in [-0.15, -0.1) is 0 Å².